The number of aliphatic imine (C=N–C) groups is 1. The van der Waals surface area contributed by atoms with Crippen LogP contribution in [0.3, 0.4) is 0 Å². The van der Waals surface area contributed by atoms with Crippen molar-refractivity contribution in [2.75, 3.05) is 13.7 Å². The molecule has 144 valence electrons. The fraction of sp³-hybridized carbons (Fsp3) is 0.211. The summed E-state index contributed by atoms with van der Waals surface area (Å²) >= 11 is 0. The molecule has 0 aliphatic heterocycles. The van der Waals surface area contributed by atoms with Crippen molar-refractivity contribution in [3.8, 4) is 5.75 Å². The van der Waals surface area contributed by atoms with Gasteiger partial charge in [-0.25, -0.2) is 4.99 Å². The van der Waals surface area contributed by atoms with Crippen molar-refractivity contribution in [1.29, 1.82) is 0 Å². The summed E-state index contributed by atoms with van der Waals surface area (Å²) in [5, 5.41) is 17.1. The molecule has 0 heterocycles. The number of non-ortho nitro benzene ring substituents is 1. The number of nitro groups is 1. The first-order chi connectivity index (χ1) is 12.6. The van der Waals surface area contributed by atoms with E-state index in [-0.39, 0.29) is 29.7 Å². The van der Waals surface area contributed by atoms with Crippen LogP contribution in [0.5, 0.6) is 5.75 Å². The summed E-state index contributed by atoms with van der Waals surface area (Å²) in [4.78, 5) is 14.8. The molecule has 27 heavy (non-hydrogen) atoms. The fourth-order valence-electron chi connectivity index (χ4n) is 2.26. The Bertz CT molecular complexity index is 779. The van der Waals surface area contributed by atoms with Gasteiger partial charge in [0.15, 0.2) is 5.96 Å². The molecule has 0 aromatic heterocycles. The Kier molecular flexibility index (Phi) is 9.88. The maximum atomic E-state index is 10.7. The molecule has 0 saturated heterocycles. The Morgan fingerprint density at radius 3 is 2.56 bits per heavy atom. The second-order valence-electron chi connectivity index (χ2n) is 5.42. The zero-order valence-corrected chi connectivity index (χ0v) is 17.4. The highest BCUT2D eigenvalue weighted by Crippen LogP contribution is 2.16. The van der Waals surface area contributed by atoms with E-state index in [4.69, 9.17) is 4.74 Å². The molecule has 0 bridgehead atoms. The third-order valence-electron chi connectivity index (χ3n) is 3.62. The zero-order chi connectivity index (χ0) is 18.8. The van der Waals surface area contributed by atoms with Crippen molar-refractivity contribution >= 4 is 35.6 Å². The molecule has 0 aliphatic rings. The lowest BCUT2D eigenvalue weighted by Gasteiger charge is -2.13. The highest BCUT2D eigenvalue weighted by Gasteiger charge is 2.05. The van der Waals surface area contributed by atoms with Crippen molar-refractivity contribution < 1.29 is 9.66 Å². The van der Waals surface area contributed by atoms with Gasteiger partial charge in [0.05, 0.1) is 18.6 Å². The average Bonchev–Trinajstić information content (AvgIpc) is 2.68. The highest BCUT2D eigenvalue weighted by molar-refractivity contribution is 14.0. The van der Waals surface area contributed by atoms with Crippen molar-refractivity contribution in [2.24, 2.45) is 4.99 Å². The van der Waals surface area contributed by atoms with Gasteiger partial charge in [-0.1, -0.05) is 36.4 Å². The number of methoxy groups -OCH3 is 1. The predicted octanol–water partition coefficient (Wildman–Crippen LogP) is 3.64. The van der Waals surface area contributed by atoms with E-state index in [0.717, 1.165) is 16.9 Å². The van der Waals surface area contributed by atoms with Gasteiger partial charge in [-0.2, -0.15) is 0 Å². The molecule has 2 rings (SSSR count). The molecule has 2 aromatic rings. The average molecular weight is 482 g/mol. The van der Waals surface area contributed by atoms with Crippen LogP contribution < -0.4 is 15.4 Å². The Morgan fingerprint density at radius 1 is 1.22 bits per heavy atom. The maximum Gasteiger partial charge on any atom is 0.269 e. The minimum atomic E-state index is -0.418. The number of nitro benzene ring substituents is 1. The second kappa shape index (κ2) is 11.9. The zero-order valence-electron chi connectivity index (χ0n) is 15.1. The third kappa shape index (κ3) is 7.26. The van der Waals surface area contributed by atoms with Crippen molar-refractivity contribution in [2.45, 2.75) is 13.1 Å². The number of benzene rings is 2. The van der Waals surface area contributed by atoms with E-state index in [2.05, 4.69) is 22.2 Å². The lowest BCUT2D eigenvalue weighted by molar-refractivity contribution is -0.384. The van der Waals surface area contributed by atoms with E-state index in [1.165, 1.54) is 12.1 Å². The minimum absolute atomic E-state index is 0. The molecule has 2 aromatic carbocycles. The van der Waals surface area contributed by atoms with E-state index < -0.39 is 4.92 Å². The standard InChI is InChI=1S/C19H22N4O3.HI/c1-3-12-20-19(22-14-16-6-4-5-7-18(16)26-2)21-13-15-8-10-17(11-9-15)23(24)25;/h3-11H,1,12-14H2,2H3,(H2,20,21,22);1H. The molecule has 0 atom stereocenters. The first-order valence-electron chi connectivity index (χ1n) is 8.12. The number of nitrogens with zero attached hydrogens (tertiary/aromatic N) is 2. The van der Waals surface area contributed by atoms with Crippen LogP contribution in [0.1, 0.15) is 11.1 Å². The summed E-state index contributed by atoms with van der Waals surface area (Å²) < 4.78 is 5.35. The van der Waals surface area contributed by atoms with Gasteiger partial charge in [0.2, 0.25) is 0 Å². The number of halogens is 1. The fourth-order valence-corrected chi connectivity index (χ4v) is 2.26. The van der Waals surface area contributed by atoms with Gasteiger partial charge < -0.3 is 15.4 Å². The summed E-state index contributed by atoms with van der Waals surface area (Å²) in [6.45, 7) is 5.21. The molecule has 7 nitrogen and oxygen atoms in total. The van der Waals surface area contributed by atoms with E-state index in [1.807, 2.05) is 24.3 Å². The molecule has 0 radical (unpaired) electrons. The Hall–Kier alpha value is -2.62. The monoisotopic (exact) mass is 482 g/mol. The smallest absolute Gasteiger partial charge is 0.269 e. The summed E-state index contributed by atoms with van der Waals surface area (Å²) in [5.41, 5.74) is 1.96. The van der Waals surface area contributed by atoms with Crippen LogP contribution in [-0.2, 0) is 13.1 Å². The van der Waals surface area contributed by atoms with Gasteiger partial charge in [0.1, 0.15) is 5.75 Å². The molecule has 0 unspecified atom stereocenters. The van der Waals surface area contributed by atoms with E-state index in [1.54, 1.807) is 25.3 Å². The van der Waals surface area contributed by atoms with E-state index >= 15 is 0 Å². The van der Waals surface area contributed by atoms with Gasteiger partial charge in [-0.3, -0.25) is 10.1 Å². The van der Waals surface area contributed by atoms with Crippen molar-refractivity contribution in [3.05, 3.63) is 82.4 Å². The predicted molar refractivity (Wildman–Crippen MR) is 118 cm³/mol. The van der Waals surface area contributed by atoms with Crippen LogP contribution in [0.25, 0.3) is 0 Å². The normalized spacial score (nSPS) is 10.5. The van der Waals surface area contributed by atoms with Crippen LogP contribution >= 0.6 is 24.0 Å². The number of ether oxygens (including phenoxy) is 1. The number of para-hydroxylation sites is 1. The van der Waals surface area contributed by atoms with Gasteiger partial charge in [0.25, 0.3) is 5.69 Å². The molecule has 0 aliphatic carbocycles. The molecule has 0 spiro atoms. The second-order valence-corrected chi connectivity index (χ2v) is 5.42. The molecule has 2 N–H and O–H groups in total. The number of hydrogen-bond donors (Lipinski definition) is 2. The molecule has 0 saturated carbocycles. The Balaban J connectivity index is 0.00000364. The van der Waals surface area contributed by atoms with E-state index in [9.17, 15) is 10.1 Å². The molecule has 0 amide bonds. The first-order valence-corrected chi connectivity index (χ1v) is 8.12. The summed E-state index contributed by atoms with van der Waals surface area (Å²) in [6.07, 6.45) is 1.74. The SMILES string of the molecule is C=CCNC(=NCc1ccc([N+](=O)[O-])cc1)NCc1ccccc1OC.I. The van der Waals surface area contributed by atoms with Gasteiger partial charge in [-0.15, -0.1) is 30.6 Å². The van der Waals surface area contributed by atoms with Crippen LogP contribution in [0, 0.1) is 10.1 Å². The Morgan fingerprint density at radius 2 is 1.93 bits per heavy atom. The van der Waals surface area contributed by atoms with Crippen LogP contribution in [0.2, 0.25) is 0 Å². The number of nitrogens with one attached hydrogen (secondary N) is 2. The number of guanidine groups is 1. The third-order valence-corrected chi connectivity index (χ3v) is 3.62. The summed E-state index contributed by atoms with van der Waals surface area (Å²) in [5.74, 6) is 1.42. The molecule has 0 fully saturated rings. The summed E-state index contributed by atoms with van der Waals surface area (Å²) in [6, 6.07) is 14.1. The Labute approximate surface area is 175 Å². The molecular formula is C19H23IN4O3. The number of rotatable bonds is 8. The van der Waals surface area contributed by atoms with Crippen molar-refractivity contribution in [1.82, 2.24) is 10.6 Å². The van der Waals surface area contributed by atoms with E-state index in [0.29, 0.717) is 25.6 Å². The van der Waals surface area contributed by atoms with Crippen LogP contribution in [0.15, 0.2) is 66.2 Å². The molecule has 8 heteroatoms. The largest absolute Gasteiger partial charge is 0.496 e. The lowest BCUT2D eigenvalue weighted by atomic mass is 10.2. The van der Waals surface area contributed by atoms with Gasteiger partial charge >= 0.3 is 0 Å². The van der Waals surface area contributed by atoms with Crippen molar-refractivity contribution in [3.63, 3.8) is 0 Å². The lowest BCUT2D eigenvalue weighted by Crippen LogP contribution is -2.37. The minimum Gasteiger partial charge on any atom is -0.496 e. The summed E-state index contributed by atoms with van der Waals surface area (Å²) in [7, 11) is 1.64. The quantitative estimate of drug-likeness (QED) is 0.150. The van der Waals surface area contributed by atoms with Gasteiger partial charge in [0, 0.05) is 30.8 Å². The van der Waals surface area contributed by atoms with Crippen LogP contribution in [0.4, 0.5) is 5.69 Å². The topological polar surface area (TPSA) is 88.8 Å². The number of hydrogen-bond acceptors (Lipinski definition) is 4. The maximum absolute atomic E-state index is 10.7. The molecular weight excluding hydrogens is 459 g/mol. The highest BCUT2D eigenvalue weighted by atomic mass is 127. The van der Waals surface area contributed by atoms with Gasteiger partial charge in [-0.05, 0) is 11.6 Å². The van der Waals surface area contributed by atoms with Crippen LogP contribution in [-0.4, -0.2) is 24.5 Å². The first kappa shape index (κ1) is 22.4.